The maximum absolute atomic E-state index is 9.97. The van der Waals surface area contributed by atoms with E-state index in [0.717, 1.165) is 0 Å². The van der Waals surface area contributed by atoms with E-state index < -0.39 is 5.60 Å². The Bertz CT molecular complexity index is 449. The van der Waals surface area contributed by atoms with Crippen molar-refractivity contribution in [2.75, 3.05) is 31.7 Å². The van der Waals surface area contributed by atoms with Crippen LogP contribution in [-0.2, 0) is 0 Å². The number of nitrogens with zero attached hydrogens (tertiary/aromatic N) is 1. The molecule has 0 heterocycles. The molecule has 0 spiro atoms. The van der Waals surface area contributed by atoms with E-state index in [1.165, 1.54) is 0 Å². The highest BCUT2D eigenvalue weighted by atomic mass is 32.2. The minimum atomic E-state index is -0.706. The zero-order valence-corrected chi connectivity index (χ0v) is 13.2. The van der Waals surface area contributed by atoms with Crippen LogP contribution in [0.25, 0.3) is 0 Å². The van der Waals surface area contributed by atoms with Crippen LogP contribution >= 0.6 is 11.8 Å². The summed E-state index contributed by atoms with van der Waals surface area (Å²) in [6, 6.07) is 6.97. The van der Waals surface area contributed by atoms with E-state index in [-0.39, 0.29) is 5.84 Å². The molecular formula is C14H23N3O3S. The summed E-state index contributed by atoms with van der Waals surface area (Å²) in [6.07, 6.45) is 1.97. The largest absolute Gasteiger partial charge is 0.492 e. The minimum Gasteiger partial charge on any atom is -0.492 e. The first-order valence-corrected chi connectivity index (χ1v) is 8.01. The van der Waals surface area contributed by atoms with Gasteiger partial charge in [0.1, 0.15) is 12.4 Å². The molecule has 0 bridgehead atoms. The molecule has 1 atom stereocenters. The van der Waals surface area contributed by atoms with Crippen molar-refractivity contribution < 1.29 is 15.1 Å². The van der Waals surface area contributed by atoms with Gasteiger partial charge in [-0.1, -0.05) is 5.16 Å². The van der Waals surface area contributed by atoms with Crippen LogP contribution in [0.2, 0.25) is 0 Å². The summed E-state index contributed by atoms with van der Waals surface area (Å²) in [4.78, 5) is 0. The van der Waals surface area contributed by atoms with Gasteiger partial charge in [0.05, 0.1) is 5.60 Å². The van der Waals surface area contributed by atoms with E-state index in [1.807, 2.05) is 13.2 Å². The molecule has 7 heteroatoms. The Balaban J connectivity index is 2.27. The molecule has 0 aliphatic carbocycles. The van der Waals surface area contributed by atoms with E-state index in [1.54, 1.807) is 36.0 Å². The number of nitrogens with one attached hydrogen (secondary N) is 1. The van der Waals surface area contributed by atoms with Crippen LogP contribution in [0.15, 0.2) is 29.4 Å². The van der Waals surface area contributed by atoms with E-state index in [0.29, 0.717) is 36.8 Å². The first-order valence-electron chi connectivity index (χ1n) is 6.61. The van der Waals surface area contributed by atoms with Crippen molar-refractivity contribution in [1.29, 1.82) is 0 Å². The van der Waals surface area contributed by atoms with Gasteiger partial charge in [0.25, 0.3) is 0 Å². The minimum absolute atomic E-state index is 0.0687. The Hall–Kier alpha value is -1.44. The molecule has 1 unspecified atom stereocenters. The number of ether oxygens (including phenoxy) is 1. The van der Waals surface area contributed by atoms with Gasteiger partial charge in [-0.15, -0.1) is 0 Å². The molecule has 0 radical (unpaired) electrons. The van der Waals surface area contributed by atoms with Crippen LogP contribution in [0, 0.1) is 0 Å². The number of oxime groups is 1. The van der Waals surface area contributed by atoms with Crippen molar-refractivity contribution in [2.24, 2.45) is 10.9 Å². The van der Waals surface area contributed by atoms with Crippen molar-refractivity contribution in [3.63, 3.8) is 0 Å². The van der Waals surface area contributed by atoms with Gasteiger partial charge in [0.15, 0.2) is 5.84 Å². The fourth-order valence-electron chi connectivity index (χ4n) is 1.74. The quantitative estimate of drug-likeness (QED) is 0.177. The molecular weight excluding hydrogens is 290 g/mol. The van der Waals surface area contributed by atoms with Gasteiger partial charge in [-0.05, 0) is 37.4 Å². The van der Waals surface area contributed by atoms with Gasteiger partial charge < -0.3 is 26.1 Å². The molecule has 6 nitrogen and oxygen atoms in total. The summed E-state index contributed by atoms with van der Waals surface area (Å²) in [6.45, 7) is 3.48. The zero-order valence-electron chi connectivity index (χ0n) is 12.4. The smallest absolute Gasteiger partial charge is 0.170 e. The molecule has 1 aromatic carbocycles. The predicted octanol–water partition coefficient (Wildman–Crippen LogP) is 0.863. The highest BCUT2D eigenvalue weighted by Crippen LogP contribution is 2.12. The molecule has 0 fully saturated rings. The second-order valence-corrected chi connectivity index (χ2v) is 5.83. The number of nitrogens with two attached hydrogens (primary N) is 1. The molecule has 0 saturated carbocycles. The normalized spacial score (nSPS) is 14.7. The lowest BCUT2D eigenvalue weighted by Gasteiger charge is -2.22. The Morgan fingerprint density at radius 2 is 2.10 bits per heavy atom. The lowest BCUT2D eigenvalue weighted by atomic mass is 10.1. The molecule has 0 aliphatic rings. The van der Waals surface area contributed by atoms with E-state index in [4.69, 9.17) is 15.7 Å². The third-order valence-corrected chi connectivity index (χ3v) is 3.68. The molecule has 5 N–H and O–H groups in total. The average molecular weight is 313 g/mol. The molecule has 118 valence electrons. The van der Waals surface area contributed by atoms with Crippen molar-refractivity contribution in [3.8, 4) is 5.75 Å². The van der Waals surface area contributed by atoms with Crippen molar-refractivity contribution in [1.82, 2.24) is 5.32 Å². The van der Waals surface area contributed by atoms with Crippen LogP contribution in [-0.4, -0.2) is 53.5 Å². The van der Waals surface area contributed by atoms with Crippen molar-refractivity contribution in [3.05, 3.63) is 29.8 Å². The Morgan fingerprint density at radius 1 is 1.43 bits per heavy atom. The number of hydrogen-bond acceptors (Lipinski definition) is 6. The second-order valence-electron chi connectivity index (χ2n) is 4.96. The fraction of sp³-hybridized carbons (Fsp3) is 0.500. The maximum atomic E-state index is 9.97. The second kappa shape index (κ2) is 8.76. The van der Waals surface area contributed by atoms with Gasteiger partial charge in [-0.25, -0.2) is 0 Å². The number of amidine groups is 1. The number of thioether (sulfide) groups is 1. The zero-order chi connectivity index (χ0) is 15.7. The van der Waals surface area contributed by atoms with Crippen LogP contribution in [0.1, 0.15) is 12.5 Å². The summed E-state index contributed by atoms with van der Waals surface area (Å²) in [7, 11) is 0. The lowest BCUT2D eigenvalue weighted by Crippen LogP contribution is -2.41. The SMILES string of the molecule is CSCC(C)(O)CNCCOc1ccc(/C(N)=N/O)cc1. The van der Waals surface area contributed by atoms with E-state index >= 15 is 0 Å². The van der Waals surface area contributed by atoms with Crippen LogP contribution in [0.4, 0.5) is 0 Å². The Labute approximate surface area is 129 Å². The average Bonchev–Trinajstić information content (AvgIpc) is 2.46. The first kappa shape index (κ1) is 17.6. The van der Waals surface area contributed by atoms with Crippen molar-refractivity contribution >= 4 is 17.6 Å². The highest BCUT2D eigenvalue weighted by Gasteiger charge is 2.18. The molecule has 0 aromatic heterocycles. The Morgan fingerprint density at radius 3 is 2.67 bits per heavy atom. The summed E-state index contributed by atoms with van der Waals surface area (Å²) < 4.78 is 5.56. The van der Waals surface area contributed by atoms with Gasteiger partial charge in [-0.3, -0.25) is 0 Å². The molecule has 0 amide bonds. The van der Waals surface area contributed by atoms with Gasteiger partial charge in [0.2, 0.25) is 0 Å². The summed E-state index contributed by atoms with van der Waals surface area (Å²) >= 11 is 1.62. The summed E-state index contributed by atoms with van der Waals surface area (Å²) in [5.41, 5.74) is 5.40. The molecule has 21 heavy (non-hydrogen) atoms. The van der Waals surface area contributed by atoms with Gasteiger partial charge >= 0.3 is 0 Å². The third kappa shape index (κ3) is 6.70. The maximum Gasteiger partial charge on any atom is 0.170 e. The molecule has 1 rings (SSSR count). The molecule has 0 aliphatic heterocycles. The van der Waals surface area contributed by atoms with E-state index in [9.17, 15) is 5.11 Å². The lowest BCUT2D eigenvalue weighted by molar-refractivity contribution is 0.0839. The van der Waals surface area contributed by atoms with Crippen LogP contribution < -0.4 is 15.8 Å². The highest BCUT2D eigenvalue weighted by molar-refractivity contribution is 7.98. The first-order chi connectivity index (χ1) is 9.98. The summed E-state index contributed by atoms with van der Waals surface area (Å²) in [5, 5.41) is 24.6. The topological polar surface area (TPSA) is 100 Å². The standard InChI is InChI=1S/C14H23N3O3S/c1-14(18,10-21-2)9-16-7-8-20-12-5-3-11(4-6-12)13(15)17-19/h3-6,16,18-19H,7-10H2,1-2H3,(H2,15,17). The number of benzene rings is 1. The number of rotatable bonds is 9. The van der Waals surface area contributed by atoms with Gasteiger partial charge in [0, 0.05) is 24.4 Å². The monoisotopic (exact) mass is 313 g/mol. The number of aliphatic hydroxyl groups is 1. The van der Waals surface area contributed by atoms with Gasteiger partial charge in [-0.2, -0.15) is 11.8 Å². The van der Waals surface area contributed by atoms with E-state index in [2.05, 4.69) is 10.5 Å². The van der Waals surface area contributed by atoms with Crippen molar-refractivity contribution in [2.45, 2.75) is 12.5 Å². The fourth-order valence-corrected chi connectivity index (χ4v) is 2.46. The summed E-state index contributed by atoms with van der Waals surface area (Å²) in [5.74, 6) is 1.47. The third-order valence-electron chi connectivity index (χ3n) is 2.77. The molecule has 1 aromatic rings. The predicted molar refractivity (Wildman–Crippen MR) is 86.3 cm³/mol. The Kier molecular flexibility index (Phi) is 7.35. The van der Waals surface area contributed by atoms with Crippen LogP contribution in [0.3, 0.4) is 0 Å². The van der Waals surface area contributed by atoms with Crippen LogP contribution in [0.5, 0.6) is 5.75 Å². The number of hydrogen-bond donors (Lipinski definition) is 4. The molecule has 0 saturated heterocycles.